The average Bonchev–Trinajstić information content (AvgIpc) is 2.29. The average molecular weight is 223 g/mol. The van der Waals surface area contributed by atoms with Gasteiger partial charge in [0.25, 0.3) is 0 Å². The van der Waals surface area contributed by atoms with Gasteiger partial charge in [-0.2, -0.15) is 9.97 Å². The molecule has 0 aromatic carbocycles. The molecule has 6 nitrogen and oxygen atoms in total. The third-order valence-electron chi connectivity index (χ3n) is 2.57. The van der Waals surface area contributed by atoms with Crippen molar-refractivity contribution >= 4 is 17.6 Å². The van der Waals surface area contributed by atoms with Gasteiger partial charge in [-0.1, -0.05) is 0 Å². The van der Waals surface area contributed by atoms with Gasteiger partial charge in [0.2, 0.25) is 5.95 Å². The molecule has 6 heteroatoms. The second-order valence-electron chi connectivity index (χ2n) is 3.78. The van der Waals surface area contributed by atoms with Crippen LogP contribution in [0.15, 0.2) is 6.07 Å². The predicted molar refractivity (Wildman–Crippen MR) is 63.5 cm³/mol. The molecule has 1 saturated heterocycles. The minimum Gasteiger partial charge on any atom is -0.381 e. The lowest BCUT2D eigenvalue weighted by molar-refractivity contribution is 0.0904. The van der Waals surface area contributed by atoms with E-state index in [1.165, 1.54) is 0 Å². The molecule has 1 aromatic heterocycles. The third-order valence-corrected chi connectivity index (χ3v) is 2.57. The SMILES string of the molecule is CNc1cc(NC2CCOCC2)nc(N)n1. The van der Waals surface area contributed by atoms with Crippen LogP contribution in [0.2, 0.25) is 0 Å². The van der Waals surface area contributed by atoms with Crippen molar-refractivity contribution in [2.24, 2.45) is 0 Å². The summed E-state index contributed by atoms with van der Waals surface area (Å²) in [5.41, 5.74) is 5.61. The van der Waals surface area contributed by atoms with Gasteiger partial charge < -0.3 is 21.1 Å². The van der Waals surface area contributed by atoms with Crippen molar-refractivity contribution in [1.82, 2.24) is 9.97 Å². The zero-order valence-electron chi connectivity index (χ0n) is 9.36. The number of rotatable bonds is 3. The highest BCUT2D eigenvalue weighted by Crippen LogP contribution is 2.16. The van der Waals surface area contributed by atoms with E-state index in [1.807, 2.05) is 6.07 Å². The molecular weight excluding hydrogens is 206 g/mol. The molecule has 1 aromatic rings. The van der Waals surface area contributed by atoms with Crippen LogP contribution in [0.1, 0.15) is 12.8 Å². The van der Waals surface area contributed by atoms with Gasteiger partial charge in [-0.25, -0.2) is 0 Å². The molecule has 0 radical (unpaired) electrons. The van der Waals surface area contributed by atoms with Crippen LogP contribution >= 0.6 is 0 Å². The summed E-state index contributed by atoms with van der Waals surface area (Å²) < 4.78 is 5.30. The number of nitrogens with two attached hydrogens (primary N) is 1. The van der Waals surface area contributed by atoms with E-state index in [9.17, 15) is 0 Å². The van der Waals surface area contributed by atoms with Crippen LogP contribution in [0.25, 0.3) is 0 Å². The minimum atomic E-state index is 0.279. The topological polar surface area (TPSA) is 85.1 Å². The van der Waals surface area contributed by atoms with Crippen LogP contribution in [-0.4, -0.2) is 36.3 Å². The maximum atomic E-state index is 5.61. The zero-order chi connectivity index (χ0) is 11.4. The van der Waals surface area contributed by atoms with E-state index in [4.69, 9.17) is 10.5 Å². The first-order valence-corrected chi connectivity index (χ1v) is 5.44. The van der Waals surface area contributed by atoms with Crippen molar-refractivity contribution in [3.63, 3.8) is 0 Å². The smallest absolute Gasteiger partial charge is 0.223 e. The van der Waals surface area contributed by atoms with Crippen LogP contribution in [-0.2, 0) is 4.74 Å². The van der Waals surface area contributed by atoms with E-state index in [0.29, 0.717) is 6.04 Å². The van der Waals surface area contributed by atoms with Crippen LogP contribution in [0.5, 0.6) is 0 Å². The molecule has 2 rings (SSSR count). The van der Waals surface area contributed by atoms with E-state index in [1.54, 1.807) is 7.05 Å². The largest absolute Gasteiger partial charge is 0.381 e. The number of hydrogen-bond donors (Lipinski definition) is 3. The quantitative estimate of drug-likeness (QED) is 0.699. The lowest BCUT2D eigenvalue weighted by Gasteiger charge is -2.23. The zero-order valence-corrected chi connectivity index (χ0v) is 9.36. The highest BCUT2D eigenvalue weighted by Gasteiger charge is 2.14. The van der Waals surface area contributed by atoms with E-state index in [0.717, 1.165) is 37.7 Å². The number of anilines is 3. The van der Waals surface area contributed by atoms with Gasteiger partial charge in [-0.3, -0.25) is 0 Å². The number of nitrogens with zero attached hydrogens (tertiary/aromatic N) is 2. The van der Waals surface area contributed by atoms with Gasteiger partial charge >= 0.3 is 0 Å². The summed E-state index contributed by atoms with van der Waals surface area (Å²) in [6, 6.07) is 2.26. The summed E-state index contributed by atoms with van der Waals surface area (Å²) in [5, 5.41) is 6.29. The minimum absolute atomic E-state index is 0.279. The van der Waals surface area contributed by atoms with Crippen molar-refractivity contribution < 1.29 is 4.74 Å². The molecule has 0 atom stereocenters. The summed E-state index contributed by atoms with van der Waals surface area (Å²) in [5.74, 6) is 1.77. The first-order chi connectivity index (χ1) is 7.78. The Labute approximate surface area is 94.6 Å². The molecule has 88 valence electrons. The van der Waals surface area contributed by atoms with E-state index >= 15 is 0 Å². The summed E-state index contributed by atoms with van der Waals surface area (Å²) in [6.45, 7) is 1.61. The van der Waals surface area contributed by atoms with Crippen molar-refractivity contribution in [1.29, 1.82) is 0 Å². The second-order valence-corrected chi connectivity index (χ2v) is 3.78. The van der Waals surface area contributed by atoms with Crippen molar-refractivity contribution in [3.8, 4) is 0 Å². The fourth-order valence-electron chi connectivity index (χ4n) is 1.72. The van der Waals surface area contributed by atoms with Gasteiger partial charge in [0, 0.05) is 32.4 Å². The molecule has 0 spiro atoms. The molecule has 4 N–H and O–H groups in total. The predicted octanol–water partition coefficient (Wildman–Crippen LogP) is 0.691. The standard InChI is InChI=1S/C10H17N5O/c1-12-8-6-9(15-10(11)14-8)13-7-2-4-16-5-3-7/h6-7H,2-5H2,1H3,(H4,11,12,13,14,15). The maximum Gasteiger partial charge on any atom is 0.223 e. The van der Waals surface area contributed by atoms with Gasteiger partial charge in [0.05, 0.1) is 0 Å². The fraction of sp³-hybridized carbons (Fsp3) is 0.600. The molecule has 0 aliphatic carbocycles. The Kier molecular flexibility index (Phi) is 3.40. The van der Waals surface area contributed by atoms with Crippen molar-refractivity contribution in [3.05, 3.63) is 6.07 Å². The Morgan fingerprint density at radius 1 is 1.31 bits per heavy atom. The summed E-state index contributed by atoms with van der Waals surface area (Å²) in [7, 11) is 1.81. The van der Waals surface area contributed by atoms with E-state index in [2.05, 4.69) is 20.6 Å². The number of ether oxygens (including phenoxy) is 1. The second kappa shape index (κ2) is 4.98. The Balaban J connectivity index is 2.04. The maximum absolute atomic E-state index is 5.61. The van der Waals surface area contributed by atoms with Crippen molar-refractivity contribution in [2.45, 2.75) is 18.9 Å². The van der Waals surface area contributed by atoms with Crippen LogP contribution in [0, 0.1) is 0 Å². The summed E-state index contributed by atoms with van der Waals surface area (Å²) in [4.78, 5) is 8.19. The van der Waals surface area contributed by atoms with Gasteiger partial charge in [0.1, 0.15) is 11.6 Å². The molecule has 1 fully saturated rings. The molecule has 0 amide bonds. The molecule has 0 bridgehead atoms. The molecule has 2 heterocycles. The molecule has 16 heavy (non-hydrogen) atoms. The monoisotopic (exact) mass is 223 g/mol. The summed E-state index contributed by atoms with van der Waals surface area (Å²) in [6.07, 6.45) is 2.00. The number of nitrogen functional groups attached to an aromatic ring is 1. The Bertz CT molecular complexity index is 351. The van der Waals surface area contributed by atoms with Crippen LogP contribution in [0.3, 0.4) is 0 Å². The number of nitrogens with one attached hydrogen (secondary N) is 2. The highest BCUT2D eigenvalue weighted by atomic mass is 16.5. The Hall–Kier alpha value is -1.56. The number of aromatic nitrogens is 2. The normalized spacial score (nSPS) is 17.1. The first kappa shape index (κ1) is 10.9. The van der Waals surface area contributed by atoms with Crippen molar-refractivity contribution in [2.75, 3.05) is 36.6 Å². The lowest BCUT2D eigenvalue weighted by atomic mass is 10.1. The molecule has 0 saturated carbocycles. The Morgan fingerprint density at radius 2 is 2.00 bits per heavy atom. The van der Waals surface area contributed by atoms with Gasteiger partial charge in [-0.05, 0) is 12.8 Å². The molecule has 0 unspecified atom stereocenters. The summed E-state index contributed by atoms with van der Waals surface area (Å²) >= 11 is 0. The van der Waals surface area contributed by atoms with Crippen LogP contribution < -0.4 is 16.4 Å². The third kappa shape index (κ3) is 2.73. The molecule has 1 aliphatic heterocycles. The van der Waals surface area contributed by atoms with Crippen LogP contribution in [0.4, 0.5) is 17.6 Å². The first-order valence-electron chi connectivity index (χ1n) is 5.44. The Morgan fingerprint density at radius 3 is 2.69 bits per heavy atom. The number of hydrogen-bond acceptors (Lipinski definition) is 6. The van der Waals surface area contributed by atoms with Gasteiger partial charge in [-0.15, -0.1) is 0 Å². The molecular formula is C10H17N5O. The van der Waals surface area contributed by atoms with Gasteiger partial charge in [0.15, 0.2) is 0 Å². The van der Waals surface area contributed by atoms with E-state index < -0.39 is 0 Å². The molecule has 1 aliphatic rings. The fourth-order valence-corrected chi connectivity index (χ4v) is 1.72. The van der Waals surface area contributed by atoms with E-state index in [-0.39, 0.29) is 5.95 Å². The highest BCUT2D eigenvalue weighted by molar-refractivity contribution is 5.51. The lowest BCUT2D eigenvalue weighted by Crippen LogP contribution is -2.28.